The molecule has 1 fully saturated rings. The first-order valence-corrected chi connectivity index (χ1v) is 7.75. The second-order valence-electron chi connectivity index (χ2n) is 5.55. The summed E-state index contributed by atoms with van der Waals surface area (Å²) in [5, 5.41) is 11.1. The van der Waals surface area contributed by atoms with Crippen LogP contribution in [-0.4, -0.2) is 48.2 Å². The molecule has 0 saturated carbocycles. The Balaban J connectivity index is 1.63. The van der Waals surface area contributed by atoms with Crippen LogP contribution in [0.2, 0.25) is 0 Å². The molecular weight excluding hydrogens is 332 g/mol. The van der Waals surface area contributed by atoms with Crippen molar-refractivity contribution in [1.29, 1.82) is 0 Å². The highest BCUT2D eigenvalue weighted by atomic mass is 16.7. The Morgan fingerprint density at radius 1 is 1.24 bits per heavy atom. The van der Waals surface area contributed by atoms with Gasteiger partial charge in [-0.05, 0) is 25.0 Å². The molecule has 0 unspecified atom stereocenters. The lowest BCUT2D eigenvalue weighted by atomic mass is 10.1. The van der Waals surface area contributed by atoms with Crippen molar-refractivity contribution >= 4 is 23.6 Å². The molecule has 0 N–H and O–H groups in total. The Morgan fingerprint density at radius 3 is 2.60 bits per heavy atom. The van der Waals surface area contributed by atoms with Crippen molar-refractivity contribution in [2.24, 2.45) is 0 Å². The molecule has 9 heteroatoms. The molecule has 25 heavy (non-hydrogen) atoms. The number of amides is 1. The van der Waals surface area contributed by atoms with Crippen LogP contribution in [0.5, 0.6) is 11.5 Å². The van der Waals surface area contributed by atoms with Gasteiger partial charge in [0, 0.05) is 19.2 Å². The van der Waals surface area contributed by atoms with Gasteiger partial charge >= 0.3 is 5.97 Å². The normalized spacial score (nSPS) is 15.6. The van der Waals surface area contributed by atoms with E-state index in [-0.39, 0.29) is 36.3 Å². The highest BCUT2D eigenvalue weighted by Gasteiger charge is 2.22. The lowest BCUT2D eigenvalue weighted by Crippen LogP contribution is -2.31. The number of fused-ring (bicyclic) bond motifs is 1. The maximum Gasteiger partial charge on any atom is 0.331 e. The summed E-state index contributed by atoms with van der Waals surface area (Å²) < 4.78 is 15.2. The van der Waals surface area contributed by atoms with Gasteiger partial charge in [0.15, 0.2) is 18.1 Å². The van der Waals surface area contributed by atoms with Gasteiger partial charge in [-0.1, -0.05) is 0 Å². The second kappa shape index (κ2) is 7.20. The lowest BCUT2D eigenvalue weighted by molar-refractivity contribution is -0.385. The molecule has 9 nitrogen and oxygen atoms in total. The minimum absolute atomic E-state index is 0.0136. The Morgan fingerprint density at radius 2 is 1.92 bits per heavy atom. The van der Waals surface area contributed by atoms with Gasteiger partial charge in [-0.15, -0.1) is 0 Å². The van der Waals surface area contributed by atoms with E-state index in [1.807, 2.05) is 0 Å². The summed E-state index contributed by atoms with van der Waals surface area (Å²) in [7, 11) is 0. The number of likely N-dealkylation sites (tertiary alicyclic amines) is 1. The smallest absolute Gasteiger partial charge is 0.331 e. The van der Waals surface area contributed by atoms with Crippen LogP contribution in [0.15, 0.2) is 18.2 Å². The van der Waals surface area contributed by atoms with Crippen molar-refractivity contribution in [3.8, 4) is 11.5 Å². The van der Waals surface area contributed by atoms with Gasteiger partial charge in [0.2, 0.25) is 6.79 Å². The summed E-state index contributed by atoms with van der Waals surface area (Å²) in [5.41, 5.74) is -0.0430. The van der Waals surface area contributed by atoms with E-state index in [2.05, 4.69) is 0 Å². The molecular formula is C16H16N2O7. The van der Waals surface area contributed by atoms with Crippen molar-refractivity contribution in [2.75, 3.05) is 26.5 Å². The third-order valence-electron chi connectivity index (χ3n) is 3.91. The molecule has 2 aliphatic heterocycles. The van der Waals surface area contributed by atoms with Gasteiger partial charge < -0.3 is 19.1 Å². The van der Waals surface area contributed by atoms with E-state index >= 15 is 0 Å². The van der Waals surface area contributed by atoms with Crippen molar-refractivity contribution in [3.63, 3.8) is 0 Å². The van der Waals surface area contributed by atoms with Crippen LogP contribution in [0, 0.1) is 10.1 Å². The van der Waals surface area contributed by atoms with Crippen molar-refractivity contribution < 1.29 is 28.7 Å². The number of benzene rings is 1. The average molecular weight is 348 g/mol. The molecule has 0 aromatic heterocycles. The average Bonchev–Trinajstić information content (AvgIpc) is 3.27. The summed E-state index contributed by atoms with van der Waals surface area (Å²) in [4.78, 5) is 35.7. The number of carbonyl (C=O) groups excluding carboxylic acids is 2. The maximum atomic E-state index is 11.8. The topological polar surface area (TPSA) is 108 Å². The van der Waals surface area contributed by atoms with E-state index < -0.39 is 10.9 Å². The third-order valence-corrected chi connectivity index (χ3v) is 3.91. The van der Waals surface area contributed by atoms with Crippen molar-refractivity contribution in [3.05, 3.63) is 33.9 Å². The van der Waals surface area contributed by atoms with Crippen LogP contribution in [0.3, 0.4) is 0 Å². The molecule has 1 saturated heterocycles. The van der Waals surface area contributed by atoms with Crippen LogP contribution in [-0.2, 0) is 14.3 Å². The number of rotatable bonds is 5. The SMILES string of the molecule is O=C(/C=C/c1cc2c(cc1[N+](=O)[O-])OCO2)OCC(=O)N1CCCC1. The first-order valence-electron chi connectivity index (χ1n) is 7.75. The molecule has 132 valence electrons. The number of hydrogen-bond donors (Lipinski definition) is 0. The zero-order valence-corrected chi connectivity index (χ0v) is 13.3. The van der Waals surface area contributed by atoms with Gasteiger partial charge in [0.1, 0.15) is 0 Å². The molecule has 2 aliphatic rings. The second-order valence-corrected chi connectivity index (χ2v) is 5.55. The number of nitro benzene ring substituents is 1. The molecule has 0 aliphatic carbocycles. The third kappa shape index (κ3) is 3.87. The largest absolute Gasteiger partial charge is 0.454 e. The Bertz CT molecular complexity index is 738. The quantitative estimate of drug-likeness (QED) is 0.343. The molecule has 0 spiro atoms. The Kier molecular flexibility index (Phi) is 4.82. The van der Waals surface area contributed by atoms with Crippen LogP contribution in [0.25, 0.3) is 6.08 Å². The monoisotopic (exact) mass is 348 g/mol. The van der Waals surface area contributed by atoms with Gasteiger partial charge in [0.25, 0.3) is 11.6 Å². The summed E-state index contributed by atoms with van der Waals surface area (Å²) in [6.07, 6.45) is 4.20. The fourth-order valence-electron chi connectivity index (χ4n) is 2.64. The van der Waals surface area contributed by atoms with E-state index in [1.165, 1.54) is 18.2 Å². The summed E-state index contributed by atoms with van der Waals surface area (Å²) in [6, 6.07) is 2.66. The van der Waals surface area contributed by atoms with E-state index in [1.54, 1.807) is 4.90 Å². The molecule has 1 aromatic carbocycles. The number of esters is 1. The number of nitro groups is 1. The first-order chi connectivity index (χ1) is 12.0. The van der Waals surface area contributed by atoms with Crippen molar-refractivity contribution in [2.45, 2.75) is 12.8 Å². The Labute approximate surface area is 142 Å². The number of hydrogen-bond acceptors (Lipinski definition) is 7. The zero-order valence-electron chi connectivity index (χ0n) is 13.3. The van der Waals surface area contributed by atoms with Gasteiger partial charge in [-0.3, -0.25) is 14.9 Å². The summed E-state index contributed by atoms with van der Waals surface area (Å²) in [5.74, 6) is -0.349. The van der Waals surface area contributed by atoms with Crippen LogP contribution < -0.4 is 9.47 Å². The highest BCUT2D eigenvalue weighted by Crippen LogP contribution is 2.38. The molecule has 0 bridgehead atoms. The molecule has 0 atom stereocenters. The lowest BCUT2D eigenvalue weighted by Gasteiger charge is -2.14. The van der Waals surface area contributed by atoms with E-state index in [9.17, 15) is 19.7 Å². The first kappa shape index (κ1) is 16.7. The van der Waals surface area contributed by atoms with Gasteiger partial charge in [0.05, 0.1) is 16.6 Å². The fourth-order valence-corrected chi connectivity index (χ4v) is 2.64. The van der Waals surface area contributed by atoms with Crippen LogP contribution >= 0.6 is 0 Å². The van der Waals surface area contributed by atoms with E-state index in [0.717, 1.165) is 18.9 Å². The van der Waals surface area contributed by atoms with Crippen molar-refractivity contribution in [1.82, 2.24) is 4.90 Å². The number of nitrogens with zero attached hydrogens (tertiary/aromatic N) is 2. The number of carbonyl (C=O) groups is 2. The predicted octanol–water partition coefficient (Wildman–Crippen LogP) is 1.50. The van der Waals surface area contributed by atoms with Gasteiger partial charge in [-0.2, -0.15) is 0 Å². The predicted molar refractivity (Wildman–Crippen MR) is 85.0 cm³/mol. The molecule has 1 aromatic rings. The summed E-state index contributed by atoms with van der Waals surface area (Å²) in [6.45, 7) is 0.998. The molecule has 1 amide bonds. The molecule has 2 heterocycles. The standard InChI is InChI=1S/C16H16N2O7/c19-15(17-5-1-2-6-17)9-23-16(20)4-3-11-7-13-14(25-10-24-13)8-12(11)18(21)22/h3-4,7-8H,1-2,5-6,9-10H2/b4-3+. The molecule has 0 radical (unpaired) electrons. The minimum Gasteiger partial charge on any atom is -0.454 e. The van der Waals surface area contributed by atoms with E-state index in [0.29, 0.717) is 18.8 Å². The van der Waals surface area contributed by atoms with Gasteiger partial charge in [-0.25, -0.2) is 4.79 Å². The van der Waals surface area contributed by atoms with Crippen LogP contribution in [0.1, 0.15) is 18.4 Å². The summed E-state index contributed by atoms with van der Waals surface area (Å²) >= 11 is 0. The van der Waals surface area contributed by atoms with Crippen LogP contribution in [0.4, 0.5) is 5.69 Å². The number of ether oxygens (including phenoxy) is 3. The fraction of sp³-hybridized carbons (Fsp3) is 0.375. The minimum atomic E-state index is -0.750. The molecule has 3 rings (SSSR count). The maximum absolute atomic E-state index is 11.8. The zero-order chi connectivity index (χ0) is 17.8. The highest BCUT2D eigenvalue weighted by molar-refractivity contribution is 5.90. The van der Waals surface area contributed by atoms with E-state index in [4.69, 9.17) is 14.2 Å². The Hall–Kier alpha value is -3.10.